The molecule has 0 saturated heterocycles. The number of carbonyl (C=O) groups excluding carboxylic acids is 1. The number of urea groups is 1. The molecular weight excluding hydrogens is 256 g/mol. The monoisotopic (exact) mass is 282 g/mol. The summed E-state index contributed by atoms with van der Waals surface area (Å²) in [5.74, 6) is 1.18. The van der Waals surface area contributed by atoms with Crippen molar-refractivity contribution in [3.8, 4) is 0 Å². The van der Waals surface area contributed by atoms with Crippen LogP contribution in [0.15, 0.2) is 0 Å². The van der Waals surface area contributed by atoms with Crippen LogP contribution in [0.2, 0.25) is 0 Å². The second kappa shape index (κ2) is 6.46. The van der Waals surface area contributed by atoms with Gasteiger partial charge in [-0.15, -0.1) is 0 Å². The molecule has 0 heterocycles. The Morgan fingerprint density at radius 3 is 2.35 bits per heavy atom. The zero-order chi connectivity index (χ0) is 14.7. The van der Waals surface area contributed by atoms with E-state index in [1.165, 1.54) is 6.42 Å². The lowest BCUT2D eigenvalue weighted by Crippen LogP contribution is -2.44. The standard InChI is InChI=1S/C15H26N2O3/c1-9(2)13-7-11(13)8-16-15(20)17-12-5-3-10(4-6-12)14(18)19/h9-13H,3-8H2,1-2H3,(H,18,19)(H2,16,17,20)/t10?,11-,12?,13-/m0/s1. The molecule has 2 aliphatic rings. The Morgan fingerprint density at radius 1 is 1.20 bits per heavy atom. The third-order valence-electron chi connectivity index (χ3n) is 4.77. The first kappa shape index (κ1) is 15.1. The first-order valence-corrected chi connectivity index (χ1v) is 7.74. The predicted octanol–water partition coefficient (Wildman–Crippen LogP) is 2.22. The molecule has 0 unspecified atom stereocenters. The molecule has 2 saturated carbocycles. The number of hydrogen-bond donors (Lipinski definition) is 3. The Morgan fingerprint density at radius 2 is 1.85 bits per heavy atom. The SMILES string of the molecule is CC(C)[C@@H]1C[C@H]1CNC(=O)NC1CCC(C(=O)O)CC1. The highest BCUT2D eigenvalue weighted by atomic mass is 16.4. The van der Waals surface area contributed by atoms with E-state index in [0.29, 0.717) is 24.7 Å². The molecule has 2 fully saturated rings. The summed E-state index contributed by atoms with van der Waals surface area (Å²) in [5.41, 5.74) is 0. The van der Waals surface area contributed by atoms with Crippen molar-refractivity contribution < 1.29 is 14.7 Å². The molecule has 2 rings (SSSR count). The molecule has 20 heavy (non-hydrogen) atoms. The van der Waals surface area contributed by atoms with Gasteiger partial charge in [-0.05, 0) is 49.9 Å². The van der Waals surface area contributed by atoms with E-state index in [-0.39, 0.29) is 18.0 Å². The van der Waals surface area contributed by atoms with Gasteiger partial charge in [-0.1, -0.05) is 13.8 Å². The van der Waals surface area contributed by atoms with E-state index in [4.69, 9.17) is 5.11 Å². The summed E-state index contributed by atoms with van der Waals surface area (Å²) in [6.45, 7) is 5.22. The van der Waals surface area contributed by atoms with Gasteiger partial charge in [-0.2, -0.15) is 0 Å². The van der Waals surface area contributed by atoms with Crippen LogP contribution in [0.1, 0.15) is 46.0 Å². The topological polar surface area (TPSA) is 78.4 Å². The fourth-order valence-electron chi connectivity index (χ4n) is 3.27. The third-order valence-corrected chi connectivity index (χ3v) is 4.77. The number of nitrogens with one attached hydrogen (secondary N) is 2. The average Bonchev–Trinajstić information content (AvgIpc) is 3.16. The molecule has 2 aliphatic carbocycles. The molecule has 2 amide bonds. The van der Waals surface area contributed by atoms with Crippen molar-refractivity contribution in [2.24, 2.45) is 23.7 Å². The third kappa shape index (κ3) is 4.12. The summed E-state index contributed by atoms with van der Waals surface area (Å²) in [6.07, 6.45) is 4.09. The Balaban J connectivity index is 1.60. The van der Waals surface area contributed by atoms with E-state index < -0.39 is 5.97 Å². The molecule has 0 radical (unpaired) electrons. The summed E-state index contributed by atoms with van der Waals surface area (Å²) in [4.78, 5) is 22.7. The largest absolute Gasteiger partial charge is 0.481 e. The van der Waals surface area contributed by atoms with Crippen LogP contribution in [0.25, 0.3) is 0 Å². The molecule has 2 atom stereocenters. The second-order valence-electron chi connectivity index (χ2n) is 6.64. The van der Waals surface area contributed by atoms with Crippen LogP contribution >= 0.6 is 0 Å². The van der Waals surface area contributed by atoms with Crippen molar-refractivity contribution in [1.29, 1.82) is 0 Å². The summed E-state index contributed by atoms with van der Waals surface area (Å²) in [5, 5.41) is 14.8. The van der Waals surface area contributed by atoms with Gasteiger partial charge in [0, 0.05) is 12.6 Å². The highest BCUT2D eigenvalue weighted by molar-refractivity contribution is 5.74. The molecule has 5 heteroatoms. The lowest BCUT2D eigenvalue weighted by Gasteiger charge is -2.26. The lowest BCUT2D eigenvalue weighted by atomic mass is 9.86. The number of carboxylic acids is 1. The van der Waals surface area contributed by atoms with Crippen LogP contribution in [0.3, 0.4) is 0 Å². The van der Waals surface area contributed by atoms with Gasteiger partial charge < -0.3 is 15.7 Å². The number of rotatable bonds is 5. The minimum atomic E-state index is -0.707. The van der Waals surface area contributed by atoms with Crippen molar-refractivity contribution in [2.45, 2.75) is 52.0 Å². The summed E-state index contributed by atoms with van der Waals surface area (Å²) in [6, 6.07) is 0.0314. The van der Waals surface area contributed by atoms with Gasteiger partial charge in [0.05, 0.1) is 5.92 Å². The van der Waals surface area contributed by atoms with Gasteiger partial charge in [0.15, 0.2) is 0 Å². The fourth-order valence-corrected chi connectivity index (χ4v) is 3.27. The van der Waals surface area contributed by atoms with Crippen molar-refractivity contribution >= 4 is 12.0 Å². The van der Waals surface area contributed by atoms with Crippen LogP contribution in [-0.2, 0) is 4.79 Å². The first-order valence-electron chi connectivity index (χ1n) is 7.74. The molecule has 3 N–H and O–H groups in total. The Bertz CT molecular complexity index is 362. The fraction of sp³-hybridized carbons (Fsp3) is 0.867. The molecule has 0 aromatic carbocycles. The smallest absolute Gasteiger partial charge is 0.315 e. The summed E-state index contributed by atoms with van der Waals surface area (Å²) in [7, 11) is 0. The number of amides is 2. The second-order valence-corrected chi connectivity index (χ2v) is 6.64. The molecule has 5 nitrogen and oxygen atoms in total. The normalized spacial score (nSPS) is 32.8. The quantitative estimate of drug-likeness (QED) is 0.723. The molecule has 0 bridgehead atoms. The predicted molar refractivity (Wildman–Crippen MR) is 76.4 cm³/mol. The lowest BCUT2D eigenvalue weighted by molar-refractivity contribution is -0.142. The molecule has 0 aliphatic heterocycles. The maximum atomic E-state index is 11.8. The van der Waals surface area contributed by atoms with E-state index in [9.17, 15) is 9.59 Å². The van der Waals surface area contributed by atoms with Gasteiger partial charge in [-0.25, -0.2) is 4.79 Å². The van der Waals surface area contributed by atoms with Crippen molar-refractivity contribution in [3.63, 3.8) is 0 Å². The molecule has 0 aromatic rings. The van der Waals surface area contributed by atoms with Crippen LogP contribution in [0, 0.1) is 23.7 Å². The summed E-state index contributed by atoms with van der Waals surface area (Å²) >= 11 is 0. The van der Waals surface area contributed by atoms with Crippen molar-refractivity contribution in [3.05, 3.63) is 0 Å². The number of carboxylic acid groups (broad SMARTS) is 1. The number of carbonyl (C=O) groups is 2. The maximum Gasteiger partial charge on any atom is 0.315 e. The van der Waals surface area contributed by atoms with E-state index in [2.05, 4.69) is 24.5 Å². The molecule has 0 aromatic heterocycles. The van der Waals surface area contributed by atoms with E-state index >= 15 is 0 Å². The zero-order valence-electron chi connectivity index (χ0n) is 12.4. The van der Waals surface area contributed by atoms with Crippen LogP contribution < -0.4 is 10.6 Å². The van der Waals surface area contributed by atoms with Gasteiger partial charge in [0.2, 0.25) is 0 Å². The van der Waals surface area contributed by atoms with Gasteiger partial charge in [0.25, 0.3) is 0 Å². The molecular formula is C15H26N2O3. The van der Waals surface area contributed by atoms with Crippen molar-refractivity contribution in [2.75, 3.05) is 6.54 Å². The Hall–Kier alpha value is -1.26. The maximum absolute atomic E-state index is 11.8. The van der Waals surface area contributed by atoms with Crippen LogP contribution in [0.4, 0.5) is 4.79 Å². The molecule has 114 valence electrons. The summed E-state index contributed by atoms with van der Waals surface area (Å²) < 4.78 is 0. The Labute approximate surface area is 120 Å². The van der Waals surface area contributed by atoms with Crippen LogP contribution in [-0.4, -0.2) is 29.7 Å². The van der Waals surface area contributed by atoms with Crippen molar-refractivity contribution in [1.82, 2.24) is 10.6 Å². The minimum Gasteiger partial charge on any atom is -0.481 e. The minimum absolute atomic E-state index is 0.0989. The first-order chi connectivity index (χ1) is 9.47. The number of aliphatic carboxylic acids is 1. The average molecular weight is 282 g/mol. The Kier molecular flexibility index (Phi) is 4.89. The highest BCUT2D eigenvalue weighted by Gasteiger charge is 2.39. The van der Waals surface area contributed by atoms with E-state index in [0.717, 1.165) is 25.3 Å². The van der Waals surface area contributed by atoms with E-state index in [1.807, 2.05) is 0 Å². The highest BCUT2D eigenvalue weighted by Crippen LogP contribution is 2.43. The number of hydrogen-bond acceptors (Lipinski definition) is 2. The van der Waals surface area contributed by atoms with E-state index in [1.54, 1.807) is 0 Å². The van der Waals surface area contributed by atoms with Gasteiger partial charge >= 0.3 is 12.0 Å². The molecule has 0 spiro atoms. The zero-order valence-corrected chi connectivity index (χ0v) is 12.4. The van der Waals surface area contributed by atoms with Crippen LogP contribution in [0.5, 0.6) is 0 Å². The van der Waals surface area contributed by atoms with Gasteiger partial charge in [0.1, 0.15) is 0 Å². The van der Waals surface area contributed by atoms with Gasteiger partial charge in [-0.3, -0.25) is 4.79 Å².